The number of amides is 1. The van der Waals surface area contributed by atoms with E-state index in [9.17, 15) is 9.18 Å². The van der Waals surface area contributed by atoms with E-state index in [1.807, 2.05) is 0 Å². The van der Waals surface area contributed by atoms with Crippen molar-refractivity contribution in [3.05, 3.63) is 71.9 Å². The molecule has 6 heteroatoms. The first-order chi connectivity index (χ1) is 10.6. The minimum absolute atomic E-state index is 0.287. The van der Waals surface area contributed by atoms with Crippen LogP contribution in [0.1, 0.15) is 16.1 Å². The summed E-state index contributed by atoms with van der Waals surface area (Å²) in [4.78, 5) is 16.3. The number of carbonyl (C=O) groups excluding carboxylic acids is 1. The van der Waals surface area contributed by atoms with Crippen LogP contribution in [-0.4, -0.2) is 20.7 Å². The molecule has 1 amide bonds. The molecular weight excluding hydrogens is 283 g/mol. The van der Waals surface area contributed by atoms with Gasteiger partial charge in [0.2, 0.25) is 0 Å². The molecule has 0 spiro atoms. The molecule has 0 aliphatic heterocycles. The lowest BCUT2D eigenvalue weighted by molar-refractivity contribution is 0.102. The van der Waals surface area contributed by atoms with Crippen LogP contribution < -0.4 is 5.32 Å². The van der Waals surface area contributed by atoms with Gasteiger partial charge in [0.1, 0.15) is 11.6 Å². The van der Waals surface area contributed by atoms with Crippen LogP contribution in [0.4, 0.5) is 10.2 Å². The lowest BCUT2D eigenvalue weighted by Gasteiger charge is -2.06. The minimum Gasteiger partial charge on any atom is -0.306 e. The van der Waals surface area contributed by atoms with Crippen LogP contribution in [0.3, 0.4) is 0 Å². The Hall–Kier alpha value is -3.02. The van der Waals surface area contributed by atoms with Crippen molar-refractivity contribution < 1.29 is 9.18 Å². The van der Waals surface area contributed by atoms with Crippen LogP contribution in [0.15, 0.2) is 54.9 Å². The highest BCUT2D eigenvalue weighted by molar-refractivity contribution is 6.04. The van der Waals surface area contributed by atoms with Crippen molar-refractivity contribution in [2.24, 2.45) is 0 Å². The summed E-state index contributed by atoms with van der Waals surface area (Å²) in [5, 5.41) is 6.90. The molecule has 0 saturated carbocycles. The third-order valence-corrected chi connectivity index (χ3v) is 3.23. The molecule has 3 rings (SSSR count). The highest BCUT2D eigenvalue weighted by Crippen LogP contribution is 2.16. The third kappa shape index (κ3) is 2.71. The average molecular weight is 296 g/mol. The molecular formula is C16H13FN4O. The second kappa shape index (κ2) is 5.77. The van der Waals surface area contributed by atoms with Gasteiger partial charge in [0.25, 0.3) is 5.91 Å². The quantitative estimate of drug-likeness (QED) is 0.808. The predicted octanol–water partition coefficient (Wildman–Crippen LogP) is 2.97. The molecule has 0 radical (unpaired) electrons. The molecule has 2 heterocycles. The molecule has 0 aliphatic rings. The van der Waals surface area contributed by atoms with Crippen molar-refractivity contribution in [2.45, 2.75) is 6.92 Å². The molecule has 3 aromatic rings. The van der Waals surface area contributed by atoms with Gasteiger partial charge in [-0.25, -0.2) is 14.1 Å². The SMILES string of the molecule is Cc1c(C(=O)Nc2ccccn2)cnn1-c1ccc(F)cc1. The predicted molar refractivity (Wildman–Crippen MR) is 80.4 cm³/mol. The van der Waals surface area contributed by atoms with E-state index < -0.39 is 0 Å². The summed E-state index contributed by atoms with van der Waals surface area (Å²) in [6.07, 6.45) is 3.08. The zero-order valence-electron chi connectivity index (χ0n) is 11.8. The van der Waals surface area contributed by atoms with Crippen molar-refractivity contribution >= 4 is 11.7 Å². The van der Waals surface area contributed by atoms with Gasteiger partial charge in [-0.3, -0.25) is 4.79 Å². The van der Waals surface area contributed by atoms with Gasteiger partial charge in [0.15, 0.2) is 0 Å². The molecule has 0 atom stereocenters. The normalized spacial score (nSPS) is 10.5. The molecule has 0 fully saturated rings. The summed E-state index contributed by atoms with van der Waals surface area (Å²) in [5.74, 6) is -0.132. The van der Waals surface area contributed by atoms with Crippen LogP contribution in [0, 0.1) is 12.7 Å². The number of halogens is 1. The maximum Gasteiger partial charge on any atom is 0.260 e. The van der Waals surface area contributed by atoms with Gasteiger partial charge >= 0.3 is 0 Å². The van der Waals surface area contributed by atoms with Gasteiger partial charge in [-0.05, 0) is 43.3 Å². The second-order valence-corrected chi connectivity index (χ2v) is 4.70. The van der Waals surface area contributed by atoms with E-state index in [4.69, 9.17) is 0 Å². The number of pyridine rings is 1. The molecule has 0 aliphatic carbocycles. The first-order valence-electron chi connectivity index (χ1n) is 6.68. The molecule has 0 bridgehead atoms. The molecule has 1 aromatic carbocycles. The van der Waals surface area contributed by atoms with Crippen molar-refractivity contribution in [2.75, 3.05) is 5.32 Å². The Kier molecular flexibility index (Phi) is 3.65. The Labute approximate surface area is 126 Å². The molecule has 22 heavy (non-hydrogen) atoms. The van der Waals surface area contributed by atoms with E-state index in [1.165, 1.54) is 18.3 Å². The largest absolute Gasteiger partial charge is 0.306 e. The lowest BCUT2D eigenvalue weighted by atomic mass is 10.2. The number of anilines is 1. The zero-order valence-corrected chi connectivity index (χ0v) is 11.8. The van der Waals surface area contributed by atoms with Gasteiger partial charge in [0.05, 0.1) is 23.1 Å². The van der Waals surface area contributed by atoms with Crippen molar-refractivity contribution in [3.63, 3.8) is 0 Å². The van der Waals surface area contributed by atoms with E-state index in [0.717, 1.165) is 0 Å². The number of hydrogen-bond acceptors (Lipinski definition) is 3. The smallest absolute Gasteiger partial charge is 0.260 e. The second-order valence-electron chi connectivity index (χ2n) is 4.70. The topological polar surface area (TPSA) is 59.8 Å². The van der Waals surface area contributed by atoms with Crippen LogP contribution in [-0.2, 0) is 0 Å². The zero-order chi connectivity index (χ0) is 15.5. The number of benzene rings is 1. The summed E-state index contributed by atoms with van der Waals surface area (Å²) in [6, 6.07) is 11.2. The fourth-order valence-corrected chi connectivity index (χ4v) is 2.10. The van der Waals surface area contributed by atoms with Gasteiger partial charge < -0.3 is 5.32 Å². The molecule has 0 saturated heterocycles. The Bertz CT molecular complexity index is 797. The average Bonchev–Trinajstić information content (AvgIpc) is 2.91. The summed E-state index contributed by atoms with van der Waals surface area (Å²) in [5.41, 5.74) is 1.80. The third-order valence-electron chi connectivity index (χ3n) is 3.23. The standard InChI is InChI=1S/C16H13FN4O/c1-11-14(16(22)20-15-4-2-3-9-18-15)10-19-21(11)13-7-5-12(17)6-8-13/h2-10H,1H3,(H,18,20,22). The summed E-state index contributed by atoms with van der Waals surface area (Å²) >= 11 is 0. The number of aromatic nitrogens is 3. The summed E-state index contributed by atoms with van der Waals surface area (Å²) < 4.78 is 14.6. The molecule has 5 nitrogen and oxygen atoms in total. The molecule has 2 aromatic heterocycles. The van der Waals surface area contributed by atoms with E-state index in [0.29, 0.717) is 22.8 Å². The fourth-order valence-electron chi connectivity index (χ4n) is 2.10. The van der Waals surface area contributed by atoms with Gasteiger partial charge in [-0.1, -0.05) is 6.07 Å². The molecule has 0 unspecified atom stereocenters. The van der Waals surface area contributed by atoms with Gasteiger partial charge in [-0.2, -0.15) is 5.10 Å². The Morgan fingerprint density at radius 2 is 1.95 bits per heavy atom. The lowest BCUT2D eigenvalue weighted by Crippen LogP contribution is -2.13. The number of hydrogen-bond donors (Lipinski definition) is 1. The molecule has 110 valence electrons. The van der Waals surface area contributed by atoms with E-state index in [2.05, 4.69) is 15.4 Å². The summed E-state index contributed by atoms with van der Waals surface area (Å²) in [7, 11) is 0. The highest BCUT2D eigenvalue weighted by atomic mass is 19.1. The Morgan fingerprint density at radius 1 is 1.18 bits per heavy atom. The number of nitrogens with one attached hydrogen (secondary N) is 1. The number of rotatable bonds is 3. The first kappa shape index (κ1) is 13.9. The number of carbonyl (C=O) groups is 1. The van der Waals surface area contributed by atoms with Crippen molar-refractivity contribution in [3.8, 4) is 5.69 Å². The summed E-state index contributed by atoms with van der Waals surface area (Å²) in [6.45, 7) is 1.78. The Balaban J connectivity index is 1.87. The maximum atomic E-state index is 13.0. The van der Waals surface area contributed by atoms with Crippen LogP contribution in [0.2, 0.25) is 0 Å². The first-order valence-corrected chi connectivity index (χ1v) is 6.68. The fraction of sp³-hybridized carbons (Fsp3) is 0.0625. The van der Waals surface area contributed by atoms with Crippen molar-refractivity contribution in [1.29, 1.82) is 0 Å². The van der Waals surface area contributed by atoms with E-state index in [1.54, 1.807) is 48.1 Å². The van der Waals surface area contributed by atoms with Crippen LogP contribution in [0.5, 0.6) is 0 Å². The van der Waals surface area contributed by atoms with E-state index >= 15 is 0 Å². The highest BCUT2D eigenvalue weighted by Gasteiger charge is 2.15. The minimum atomic E-state index is -0.318. The van der Waals surface area contributed by atoms with Crippen molar-refractivity contribution in [1.82, 2.24) is 14.8 Å². The monoisotopic (exact) mass is 296 g/mol. The van der Waals surface area contributed by atoms with Gasteiger partial charge in [-0.15, -0.1) is 0 Å². The van der Waals surface area contributed by atoms with Crippen LogP contribution in [0.25, 0.3) is 5.69 Å². The van der Waals surface area contributed by atoms with Gasteiger partial charge in [0, 0.05) is 6.20 Å². The Morgan fingerprint density at radius 3 is 2.64 bits per heavy atom. The molecule has 1 N–H and O–H groups in total. The number of nitrogens with zero attached hydrogens (tertiary/aromatic N) is 3. The van der Waals surface area contributed by atoms with E-state index in [-0.39, 0.29) is 11.7 Å². The van der Waals surface area contributed by atoms with Crippen LogP contribution >= 0.6 is 0 Å². The maximum absolute atomic E-state index is 13.0.